The third-order valence-corrected chi connectivity index (χ3v) is 2.22. The summed E-state index contributed by atoms with van der Waals surface area (Å²) in [7, 11) is 1.17. The van der Waals surface area contributed by atoms with Gasteiger partial charge < -0.3 is 10.5 Å². The topological polar surface area (TPSA) is 52.3 Å². The van der Waals surface area contributed by atoms with Gasteiger partial charge in [0.25, 0.3) is 0 Å². The van der Waals surface area contributed by atoms with Crippen LogP contribution in [0.25, 0.3) is 0 Å². The molecule has 2 N–H and O–H groups in total. The predicted molar refractivity (Wildman–Crippen MR) is 49.9 cm³/mol. The van der Waals surface area contributed by atoms with Gasteiger partial charge in [-0.1, -0.05) is 0 Å². The maximum Gasteiger partial charge on any atom is 0.343 e. The minimum atomic E-state index is -0.781. The number of nitrogen functional groups attached to an aromatic ring is 1. The fourth-order valence-corrected chi connectivity index (χ4v) is 1.21. The van der Waals surface area contributed by atoms with Crippen LogP contribution in [0.15, 0.2) is 16.6 Å². The molecule has 0 atom stereocenters. The fourth-order valence-electron chi connectivity index (χ4n) is 0.877. The Morgan fingerprint density at radius 3 is 2.77 bits per heavy atom. The molecule has 0 saturated heterocycles. The maximum absolute atomic E-state index is 13.1. The molecule has 0 heterocycles. The average Bonchev–Trinajstić information content (AvgIpc) is 2.12. The average molecular weight is 248 g/mol. The van der Waals surface area contributed by atoms with Crippen LogP contribution in [0.2, 0.25) is 0 Å². The molecule has 13 heavy (non-hydrogen) atoms. The summed E-state index contributed by atoms with van der Waals surface area (Å²) in [5.41, 5.74) is 5.28. The Balaban J connectivity index is 3.33. The Bertz CT molecular complexity index is 354. The van der Waals surface area contributed by atoms with Crippen molar-refractivity contribution in [3.05, 3.63) is 28.0 Å². The zero-order valence-corrected chi connectivity index (χ0v) is 8.39. The first-order chi connectivity index (χ1) is 6.07. The molecule has 0 amide bonds. The van der Waals surface area contributed by atoms with Crippen LogP contribution >= 0.6 is 15.9 Å². The van der Waals surface area contributed by atoms with Gasteiger partial charge in [-0.2, -0.15) is 0 Å². The van der Waals surface area contributed by atoms with Gasteiger partial charge in [0.1, 0.15) is 11.4 Å². The summed E-state index contributed by atoms with van der Waals surface area (Å²) in [5, 5.41) is 0. The van der Waals surface area contributed by atoms with Crippen LogP contribution < -0.4 is 5.73 Å². The minimum Gasteiger partial charge on any atom is -0.465 e. The van der Waals surface area contributed by atoms with Crippen LogP contribution in [-0.4, -0.2) is 13.1 Å². The van der Waals surface area contributed by atoms with E-state index in [1.54, 1.807) is 0 Å². The van der Waals surface area contributed by atoms with E-state index in [1.165, 1.54) is 13.2 Å². The van der Waals surface area contributed by atoms with Gasteiger partial charge in [-0.25, -0.2) is 9.18 Å². The van der Waals surface area contributed by atoms with E-state index >= 15 is 0 Å². The summed E-state index contributed by atoms with van der Waals surface area (Å²) in [6.07, 6.45) is 0. The lowest BCUT2D eigenvalue weighted by Gasteiger charge is -2.05. The van der Waals surface area contributed by atoms with Crippen LogP contribution in [0.3, 0.4) is 0 Å². The Hall–Kier alpha value is -1.10. The summed E-state index contributed by atoms with van der Waals surface area (Å²) in [6, 6.07) is 2.57. The molecule has 0 fully saturated rings. The number of methoxy groups -OCH3 is 1. The molecule has 1 aromatic carbocycles. The van der Waals surface area contributed by atoms with Crippen molar-refractivity contribution in [2.24, 2.45) is 0 Å². The van der Waals surface area contributed by atoms with E-state index < -0.39 is 11.8 Å². The van der Waals surface area contributed by atoms with Gasteiger partial charge in [-0.3, -0.25) is 0 Å². The van der Waals surface area contributed by atoms with E-state index in [0.717, 1.165) is 6.07 Å². The molecule has 1 rings (SSSR count). The number of esters is 1. The molecule has 0 radical (unpaired) electrons. The molecule has 0 spiro atoms. The molecular formula is C8H7BrFNO2. The quantitative estimate of drug-likeness (QED) is 0.610. The highest BCUT2D eigenvalue weighted by molar-refractivity contribution is 9.10. The lowest BCUT2D eigenvalue weighted by atomic mass is 10.2. The van der Waals surface area contributed by atoms with Gasteiger partial charge in [0.15, 0.2) is 0 Å². The van der Waals surface area contributed by atoms with Crippen molar-refractivity contribution in [3.63, 3.8) is 0 Å². The second-order valence-electron chi connectivity index (χ2n) is 2.31. The summed E-state index contributed by atoms with van der Waals surface area (Å²) in [4.78, 5) is 11.0. The molecular weight excluding hydrogens is 241 g/mol. The minimum absolute atomic E-state index is 0.0480. The van der Waals surface area contributed by atoms with Gasteiger partial charge in [-0.15, -0.1) is 0 Å². The molecule has 3 nitrogen and oxygen atoms in total. The second kappa shape index (κ2) is 3.74. The summed E-state index contributed by atoms with van der Waals surface area (Å²) in [6.45, 7) is 0. The van der Waals surface area contributed by atoms with Crippen molar-refractivity contribution in [2.45, 2.75) is 0 Å². The van der Waals surface area contributed by atoms with Gasteiger partial charge in [0, 0.05) is 4.47 Å². The van der Waals surface area contributed by atoms with E-state index in [2.05, 4.69) is 20.7 Å². The Kier molecular flexibility index (Phi) is 2.87. The van der Waals surface area contributed by atoms with Crippen molar-refractivity contribution < 1.29 is 13.9 Å². The molecule has 0 saturated carbocycles. The van der Waals surface area contributed by atoms with E-state index in [1.807, 2.05) is 0 Å². The second-order valence-corrected chi connectivity index (χ2v) is 3.16. The van der Waals surface area contributed by atoms with Crippen molar-refractivity contribution in [1.82, 2.24) is 0 Å². The molecule has 0 unspecified atom stereocenters. The molecule has 0 bridgehead atoms. The number of hydrogen-bond donors (Lipinski definition) is 1. The zero-order chi connectivity index (χ0) is 10.0. The number of hydrogen-bond acceptors (Lipinski definition) is 3. The Morgan fingerprint density at radius 2 is 2.23 bits per heavy atom. The largest absolute Gasteiger partial charge is 0.465 e. The Morgan fingerprint density at radius 1 is 1.62 bits per heavy atom. The van der Waals surface area contributed by atoms with Gasteiger partial charge in [0.05, 0.1) is 12.8 Å². The number of carbonyl (C=O) groups is 1. The van der Waals surface area contributed by atoms with Gasteiger partial charge >= 0.3 is 5.97 Å². The number of benzene rings is 1. The summed E-state index contributed by atoms with van der Waals surface area (Å²) < 4.78 is 17.9. The number of halogens is 2. The van der Waals surface area contributed by atoms with Crippen molar-refractivity contribution >= 4 is 27.6 Å². The number of ether oxygens (including phenoxy) is 1. The molecule has 0 aromatic heterocycles. The Labute approximate surface area is 82.8 Å². The van der Waals surface area contributed by atoms with Crippen LogP contribution in [0.5, 0.6) is 0 Å². The van der Waals surface area contributed by atoms with Gasteiger partial charge in [0.2, 0.25) is 0 Å². The molecule has 1 aromatic rings. The number of rotatable bonds is 1. The molecule has 0 aliphatic rings. The van der Waals surface area contributed by atoms with Crippen molar-refractivity contribution in [3.8, 4) is 0 Å². The fraction of sp³-hybridized carbons (Fsp3) is 0.125. The van der Waals surface area contributed by atoms with Crippen molar-refractivity contribution in [2.75, 3.05) is 12.8 Å². The van der Waals surface area contributed by atoms with Gasteiger partial charge in [-0.05, 0) is 28.1 Å². The molecule has 5 heteroatoms. The SMILES string of the molecule is COC(=O)c1c(F)ccc(Br)c1N. The highest BCUT2D eigenvalue weighted by Gasteiger charge is 2.17. The molecule has 0 aliphatic carbocycles. The third kappa shape index (κ3) is 1.80. The monoisotopic (exact) mass is 247 g/mol. The lowest BCUT2D eigenvalue weighted by Crippen LogP contribution is -2.08. The van der Waals surface area contributed by atoms with E-state index in [0.29, 0.717) is 4.47 Å². The number of carbonyl (C=O) groups excluding carboxylic acids is 1. The lowest BCUT2D eigenvalue weighted by molar-refractivity contribution is 0.0597. The highest BCUT2D eigenvalue weighted by Crippen LogP contribution is 2.25. The predicted octanol–water partition coefficient (Wildman–Crippen LogP) is 1.96. The first-order valence-electron chi connectivity index (χ1n) is 3.39. The first-order valence-corrected chi connectivity index (χ1v) is 4.19. The van der Waals surface area contributed by atoms with E-state index in [4.69, 9.17) is 5.73 Å². The normalized spacial score (nSPS) is 9.77. The van der Waals surface area contributed by atoms with E-state index in [9.17, 15) is 9.18 Å². The van der Waals surface area contributed by atoms with Crippen LogP contribution in [0, 0.1) is 5.82 Å². The van der Waals surface area contributed by atoms with Crippen molar-refractivity contribution in [1.29, 1.82) is 0 Å². The summed E-state index contributed by atoms with van der Waals surface area (Å²) >= 11 is 3.08. The smallest absolute Gasteiger partial charge is 0.343 e. The standard InChI is InChI=1S/C8H7BrFNO2/c1-13-8(12)6-5(10)3-2-4(9)7(6)11/h2-3H,11H2,1H3. The number of nitrogens with two attached hydrogens (primary N) is 1. The highest BCUT2D eigenvalue weighted by atomic mass is 79.9. The van der Waals surface area contributed by atoms with Crippen LogP contribution in [0.4, 0.5) is 10.1 Å². The van der Waals surface area contributed by atoms with E-state index in [-0.39, 0.29) is 11.3 Å². The van der Waals surface area contributed by atoms with Crippen LogP contribution in [-0.2, 0) is 4.74 Å². The molecule has 70 valence electrons. The summed E-state index contributed by atoms with van der Waals surface area (Å²) in [5.74, 6) is -1.47. The first kappa shape index (κ1) is 9.98. The van der Waals surface area contributed by atoms with Crippen LogP contribution in [0.1, 0.15) is 10.4 Å². The molecule has 0 aliphatic heterocycles. The third-order valence-electron chi connectivity index (χ3n) is 1.53. The zero-order valence-electron chi connectivity index (χ0n) is 6.80. The maximum atomic E-state index is 13.1. The number of anilines is 1.